The number of nitriles is 1. The lowest BCUT2D eigenvalue weighted by atomic mass is 10.2. The molecule has 2 aliphatic rings. The van der Waals surface area contributed by atoms with Crippen LogP contribution in [0.25, 0.3) is 0 Å². The maximum absolute atomic E-state index is 13.0. The van der Waals surface area contributed by atoms with Crippen molar-refractivity contribution in [1.82, 2.24) is 10.2 Å². The molecule has 1 aromatic carbocycles. The molecule has 6 nitrogen and oxygen atoms in total. The molecule has 2 heterocycles. The van der Waals surface area contributed by atoms with Crippen LogP contribution >= 0.6 is 11.8 Å². The molecule has 8 heteroatoms. The molecule has 1 amide bonds. The van der Waals surface area contributed by atoms with Crippen LogP contribution in [-0.2, 0) is 4.79 Å². The van der Waals surface area contributed by atoms with Crippen molar-refractivity contribution in [3.05, 3.63) is 41.9 Å². The van der Waals surface area contributed by atoms with E-state index in [1.807, 2.05) is 6.07 Å². The smallest absolute Gasteiger partial charge is 0.266 e. The van der Waals surface area contributed by atoms with Gasteiger partial charge in [-0.05, 0) is 24.3 Å². The molecule has 1 saturated heterocycles. The fourth-order valence-corrected chi connectivity index (χ4v) is 3.39. The zero-order valence-electron chi connectivity index (χ0n) is 13.6. The number of anilines is 1. The number of thioether (sulfide) groups is 1. The summed E-state index contributed by atoms with van der Waals surface area (Å²) in [6.07, 6.45) is 1.44. The molecule has 0 saturated carbocycles. The summed E-state index contributed by atoms with van der Waals surface area (Å²) in [6, 6.07) is 8.29. The van der Waals surface area contributed by atoms with Crippen molar-refractivity contribution in [1.29, 1.82) is 5.26 Å². The van der Waals surface area contributed by atoms with Gasteiger partial charge in [-0.3, -0.25) is 9.79 Å². The Morgan fingerprint density at radius 1 is 1.28 bits per heavy atom. The summed E-state index contributed by atoms with van der Waals surface area (Å²) in [4.78, 5) is 20.5. The fourth-order valence-electron chi connectivity index (χ4n) is 2.69. The van der Waals surface area contributed by atoms with E-state index in [0.717, 1.165) is 23.2 Å². The summed E-state index contributed by atoms with van der Waals surface area (Å²) in [7, 11) is 0. The largest absolute Gasteiger partial charge is 0.368 e. The SMILES string of the molecule is N#C/C(=C/NC1=NCCS1)C(=O)N1CCN(c2ccc(F)cc2)CC1. The first-order chi connectivity index (χ1) is 12.2. The van der Waals surface area contributed by atoms with Crippen LogP contribution in [0.5, 0.6) is 0 Å². The Labute approximate surface area is 150 Å². The monoisotopic (exact) mass is 359 g/mol. The number of carbonyl (C=O) groups is 1. The predicted molar refractivity (Wildman–Crippen MR) is 96.8 cm³/mol. The summed E-state index contributed by atoms with van der Waals surface area (Å²) >= 11 is 1.57. The summed E-state index contributed by atoms with van der Waals surface area (Å²) in [5.74, 6) is 0.369. The molecule has 0 aliphatic carbocycles. The molecule has 0 spiro atoms. The van der Waals surface area contributed by atoms with Gasteiger partial charge in [0.1, 0.15) is 17.5 Å². The molecule has 25 heavy (non-hydrogen) atoms. The number of amides is 1. The second kappa shape index (κ2) is 8.03. The highest BCUT2D eigenvalue weighted by atomic mass is 32.2. The van der Waals surface area contributed by atoms with E-state index >= 15 is 0 Å². The molecule has 1 aromatic rings. The number of amidine groups is 1. The third kappa shape index (κ3) is 4.31. The Bertz CT molecular complexity index is 732. The topological polar surface area (TPSA) is 71.7 Å². The Kier molecular flexibility index (Phi) is 5.56. The van der Waals surface area contributed by atoms with Gasteiger partial charge in [-0.25, -0.2) is 4.39 Å². The van der Waals surface area contributed by atoms with E-state index in [2.05, 4.69) is 15.2 Å². The lowest BCUT2D eigenvalue weighted by Gasteiger charge is -2.36. The second-order valence-electron chi connectivity index (χ2n) is 5.61. The number of nitrogens with one attached hydrogen (secondary N) is 1. The number of nitrogens with zero attached hydrogens (tertiary/aromatic N) is 4. The summed E-state index contributed by atoms with van der Waals surface area (Å²) in [6.45, 7) is 3.08. The van der Waals surface area contributed by atoms with E-state index in [0.29, 0.717) is 26.2 Å². The van der Waals surface area contributed by atoms with Crippen LogP contribution in [0.1, 0.15) is 0 Å². The normalized spacial score (nSPS) is 17.9. The van der Waals surface area contributed by atoms with Crippen molar-refractivity contribution >= 4 is 28.5 Å². The van der Waals surface area contributed by atoms with Gasteiger partial charge in [0.15, 0.2) is 5.17 Å². The van der Waals surface area contributed by atoms with Crippen LogP contribution in [-0.4, -0.2) is 54.5 Å². The third-order valence-corrected chi connectivity index (χ3v) is 4.94. The van der Waals surface area contributed by atoms with Gasteiger partial charge in [-0.2, -0.15) is 5.26 Å². The zero-order chi connectivity index (χ0) is 17.6. The van der Waals surface area contributed by atoms with Crippen molar-refractivity contribution in [2.75, 3.05) is 43.4 Å². The average Bonchev–Trinajstić information content (AvgIpc) is 3.16. The lowest BCUT2D eigenvalue weighted by Crippen LogP contribution is -2.49. The van der Waals surface area contributed by atoms with Crippen LogP contribution in [0.4, 0.5) is 10.1 Å². The van der Waals surface area contributed by atoms with Crippen molar-refractivity contribution < 1.29 is 9.18 Å². The van der Waals surface area contributed by atoms with E-state index in [9.17, 15) is 14.4 Å². The minimum Gasteiger partial charge on any atom is -0.368 e. The molecule has 1 N–H and O–H groups in total. The maximum atomic E-state index is 13.0. The predicted octanol–water partition coefficient (Wildman–Crippen LogP) is 1.57. The summed E-state index contributed by atoms with van der Waals surface area (Å²) in [5, 5.41) is 12.9. The summed E-state index contributed by atoms with van der Waals surface area (Å²) in [5.41, 5.74) is 1.01. The molecule has 3 rings (SSSR count). The highest BCUT2D eigenvalue weighted by Gasteiger charge is 2.24. The van der Waals surface area contributed by atoms with E-state index in [-0.39, 0.29) is 17.3 Å². The number of hydrogen-bond donors (Lipinski definition) is 1. The van der Waals surface area contributed by atoms with Crippen LogP contribution in [0.2, 0.25) is 0 Å². The standard InChI is InChI=1S/C17H18FN5OS/c18-14-1-3-15(4-2-14)22-6-8-23(9-7-22)16(24)13(11-19)12-21-17-20-5-10-25-17/h1-4,12H,5-10H2,(H,20,21)/b13-12-. The molecule has 0 bridgehead atoms. The Hall–Kier alpha value is -2.53. The zero-order valence-corrected chi connectivity index (χ0v) is 14.4. The minimum absolute atomic E-state index is 0.0745. The van der Waals surface area contributed by atoms with Gasteiger partial charge in [-0.1, -0.05) is 11.8 Å². The molecule has 0 aromatic heterocycles. The Balaban J connectivity index is 1.57. The van der Waals surface area contributed by atoms with Crippen LogP contribution in [0.15, 0.2) is 41.0 Å². The van der Waals surface area contributed by atoms with E-state index in [1.165, 1.54) is 18.3 Å². The van der Waals surface area contributed by atoms with E-state index in [4.69, 9.17) is 0 Å². The quantitative estimate of drug-likeness (QED) is 0.655. The maximum Gasteiger partial charge on any atom is 0.266 e. The van der Waals surface area contributed by atoms with Crippen molar-refractivity contribution in [3.63, 3.8) is 0 Å². The number of aliphatic imine (C=N–C) groups is 1. The fraction of sp³-hybridized carbons (Fsp3) is 0.353. The number of hydrogen-bond acceptors (Lipinski definition) is 6. The Morgan fingerprint density at radius 3 is 2.60 bits per heavy atom. The van der Waals surface area contributed by atoms with Crippen molar-refractivity contribution in [3.8, 4) is 6.07 Å². The average molecular weight is 359 g/mol. The highest BCUT2D eigenvalue weighted by molar-refractivity contribution is 8.14. The first kappa shape index (κ1) is 17.3. The molecule has 0 radical (unpaired) electrons. The molecule has 1 fully saturated rings. The van der Waals surface area contributed by atoms with Crippen molar-refractivity contribution in [2.45, 2.75) is 0 Å². The van der Waals surface area contributed by atoms with Gasteiger partial charge in [0.25, 0.3) is 5.91 Å². The number of carbonyl (C=O) groups excluding carboxylic acids is 1. The first-order valence-electron chi connectivity index (χ1n) is 8.01. The van der Waals surface area contributed by atoms with Crippen LogP contribution in [0.3, 0.4) is 0 Å². The number of rotatable bonds is 3. The molecule has 2 aliphatic heterocycles. The van der Waals surface area contributed by atoms with E-state index < -0.39 is 0 Å². The van der Waals surface area contributed by atoms with E-state index in [1.54, 1.807) is 28.8 Å². The number of piperazine rings is 1. The number of halogens is 1. The summed E-state index contributed by atoms with van der Waals surface area (Å²) < 4.78 is 13.0. The van der Waals surface area contributed by atoms with Crippen LogP contribution < -0.4 is 10.2 Å². The highest BCUT2D eigenvalue weighted by Crippen LogP contribution is 2.17. The van der Waals surface area contributed by atoms with Gasteiger partial charge < -0.3 is 15.1 Å². The third-order valence-electron chi connectivity index (χ3n) is 4.03. The molecule has 0 unspecified atom stereocenters. The molecular formula is C17H18FN5OS. The molecule has 0 atom stereocenters. The van der Waals surface area contributed by atoms with Gasteiger partial charge in [0.2, 0.25) is 0 Å². The number of benzene rings is 1. The first-order valence-corrected chi connectivity index (χ1v) is 9.00. The molecular weight excluding hydrogens is 341 g/mol. The lowest BCUT2D eigenvalue weighted by molar-refractivity contribution is -0.127. The van der Waals surface area contributed by atoms with Gasteiger partial charge in [-0.15, -0.1) is 0 Å². The second-order valence-corrected chi connectivity index (χ2v) is 6.69. The van der Waals surface area contributed by atoms with Crippen molar-refractivity contribution in [2.24, 2.45) is 4.99 Å². The Morgan fingerprint density at radius 2 is 2.00 bits per heavy atom. The molecule has 130 valence electrons. The van der Waals surface area contributed by atoms with Crippen LogP contribution in [0, 0.1) is 17.1 Å². The van der Waals surface area contributed by atoms with Gasteiger partial charge >= 0.3 is 0 Å². The minimum atomic E-state index is -0.280. The van der Waals surface area contributed by atoms with Gasteiger partial charge in [0, 0.05) is 43.8 Å². The van der Waals surface area contributed by atoms with Gasteiger partial charge in [0.05, 0.1) is 6.54 Å².